The number of aromatic nitrogens is 4. The Kier molecular flexibility index (Phi) is 6.80. The second-order valence-corrected chi connectivity index (χ2v) is 9.52. The van der Waals surface area contributed by atoms with Crippen LogP contribution in [0, 0.1) is 11.3 Å². The number of nitriles is 1. The quantitative estimate of drug-likeness (QED) is 0.482. The van der Waals surface area contributed by atoms with Gasteiger partial charge in [0.05, 0.1) is 24.4 Å². The summed E-state index contributed by atoms with van der Waals surface area (Å²) >= 11 is 14.3. The van der Waals surface area contributed by atoms with Crippen LogP contribution in [0.3, 0.4) is 0 Å². The Morgan fingerprint density at radius 2 is 2.06 bits per heavy atom. The number of hydrogen-bond acceptors (Lipinski definition) is 10. The van der Waals surface area contributed by atoms with Gasteiger partial charge in [-0.2, -0.15) is 5.26 Å². The van der Waals surface area contributed by atoms with E-state index in [-0.39, 0.29) is 0 Å². The summed E-state index contributed by atoms with van der Waals surface area (Å²) in [4.78, 5) is 4.73. The molecule has 162 valence electrons. The van der Waals surface area contributed by atoms with Gasteiger partial charge in [-0.25, -0.2) is 9.67 Å². The number of halogens is 2. The minimum atomic E-state index is -1.25. The molecule has 0 aliphatic carbocycles. The molecule has 4 rings (SSSR count). The van der Waals surface area contributed by atoms with Crippen molar-refractivity contribution in [3.05, 3.63) is 45.5 Å². The van der Waals surface area contributed by atoms with Gasteiger partial charge < -0.3 is 20.1 Å². The van der Waals surface area contributed by atoms with E-state index < -0.39 is 36.4 Å². The number of hydrogen-bond donors (Lipinski definition) is 3. The predicted molar refractivity (Wildman–Crippen MR) is 115 cm³/mol. The third-order valence-corrected chi connectivity index (χ3v) is 7.15. The highest BCUT2D eigenvalue weighted by atomic mass is 35.5. The number of ether oxygens (including phenoxy) is 1. The van der Waals surface area contributed by atoms with E-state index >= 15 is 0 Å². The molecule has 1 fully saturated rings. The largest absolute Gasteiger partial charge is 0.394 e. The van der Waals surface area contributed by atoms with E-state index in [9.17, 15) is 15.3 Å². The Morgan fingerprint density at radius 1 is 1.26 bits per heavy atom. The summed E-state index contributed by atoms with van der Waals surface area (Å²) in [5.41, 5.74) is -0.0859. The van der Waals surface area contributed by atoms with Crippen molar-refractivity contribution in [3.8, 4) is 16.8 Å². The lowest BCUT2D eigenvalue weighted by molar-refractivity contribution is -0.178. The van der Waals surface area contributed by atoms with E-state index in [1.807, 2.05) is 6.07 Å². The molecule has 0 bridgehead atoms. The lowest BCUT2D eigenvalue weighted by Crippen LogP contribution is -2.55. The molecule has 3 N–H and O–H groups in total. The number of thiazole rings is 1. The zero-order chi connectivity index (χ0) is 22.1. The van der Waals surface area contributed by atoms with Gasteiger partial charge in [-0.15, -0.1) is 16.4 Å². The molecule has 0 amide bonds. The highest BCUT2D eigenvalue weighted by molar-refractivity contribution is 7.99. The first-order chi connectivity index (χ1) is 14.9. The van der Waals surface area contributed by atoms with Crippen LogP contribution in [0.25, 0.3) is 10.7 Å². The van der Waals surface area contributed by atoms with Crippen molar-refractivity contribution in [2.24, 2.45) is 0 Å². The van der Waals surface area contributed by atoms with Crippen molar-refractivity contribution < 1.29 is 20.1 Å². The maximum absolute atomic E-state index is 11.0. The third kappa shape index (κ3) is 4.72. The fourth-order valence-electron chi connectivity index (χ4n) is 3.20. The van der Waals surface area contributed by atoms with E-state index in [4.69, 9.17) is 33.2 Å². The van der Waals surface area contributed by atoms with Crippen molar-refractivity contribution in [2.75, 3.05) is 6.61 Å². The van der Waals surface area contributed by atoms with Gasteiger partial charge >= 0.3 is 0 Å². The predicted octanol–water partition coefficient (Wildman–Crippen LogP) is 2.35. The lowest BCUT2D eigenvalue weighted by Gasteiger charge is -2.41. The van der Waals surface area contributed by atoms with Crippen LogP contribution in [0.5, 0.6) is 0 Å². The summed E-state index contributed by atoms with van der Waals surface area (Å²) < 4.78 is 7.05. The van der Waals surface area contributed by atoms with Crippen LogP contribution >= 0.6 is 46.3 Å². The Balaban J connectivity index is 1.62. The molecule has 3 aromatic rings. The second-order valence-electron chi connectivity index (χ2n) is 6.66. The lowest BCUT2D eigenvalue weighted by atomic mass is 9.97. The first-order valence-electron chi connectivity index (χ1n) is 8.92. The summed E-state index contributed by atoms with van der Waals surface area (Å²) in [6, 6.07) is 5.84. The van der Waals surface area contributed by atoms with Crippen molar-refractivity contribution >= 4 is 46.3 Å². The van der Waals surface area contributed by atoms with Gasteiger partial charge in [0.2, 0.25) is 0 Å². The third-order valence-electron chi connectivity index (χ3n) is 4.61. The molecule has 5 atom stereocenters. The van der Waals surface area contributed by atoms with Crippen molar-refractivity contribution in [1.82, 2.24) is 20.0 Å². The van der Waals surface area contributed by atoms with Crippen molar-refractivity contribution in [2.45, 2.75) is 34.7 Å². The molecule has 31 heavy (non-hydrogen) atoms. The molecular formula is C18H15Cl2N5O4S2. The zero-order valence-corrected chi connectivity index (χ0v) is 18.7. The summed E-state index contributed by atoms with van der Waals surface area (Å²) in [6.45, 7) is -0.468. The van der Waals surface area contributed by atoms with Gasteiger partial charge in [-0.1, -0.05) is 40.2 Å². The summed E-state index contributed by atoms with van der Waals surface area (Å²) in [6.07, 6.45) is -1.90. The van der Waals surface area contributed by atoms with E-state index in [1.165, 1.54) is 22.1 Å². The van der Waals surface area contributed by atoms with Gasteiger partial charge in [-0.05, 0) is 18.2 Å². The number of aliphatic hydroxyl groups excluding tert-OH is 3. The molecule has 2 aromatic heterocycles. The maximum Gasteiger partial charge on any atom is 0.147 e. The smallest absolute Gasteiger partial charge is 0.147 e. The SMILES string of the molecule is N#Cc1cc(Cl)cc(SC2OC(CO)C(O)C(n3cc(-c4nc(Cl)cs4)nn3)C2O)c1. The molecular weight excluding hydrogens is 485 g/mol. The highest BCUT2D eigenvalue weighted by Crippen LogP contribution is 2.39. The molecule has 0 radical (unpaired) electrons. The van der Waals surface area contributed by atoms with Crippen LogP contribution in [0.15, 0.2) is 34.7 Å². The Hall–Kier alpha value is -1.75. The number of benzene rings is 1. The van der Waals surface area contributed by atoms with Crippen LogP contribution in [0.4, 0.5) is 0 Å². The summed E-state index contributed by atoms with van der Waals surface area (Å²) in [7, 11) is 0. The molecule has 1 saturated heterocycles. The highest BCUT2D eigenvalue weighted by Gasteiger charge is 2.46. The minimum absolute atomic E-state index is 0.329. The fraction of sp³-hybridized carbons (Fsp3) is 0.333. The molecule has 5 unspecified atom stereocenters. The van der Waals surface area contributed by atoms with Gasteiger partial charge in [0.15, 0.2) is 0 Å². The van der Waals surface area contributed by atoms with Gasteiger partial charge in [-0.3, -0.25) is 0 Å². The monoisotopic (exact) mass is 499 g/mol. The second kappa shape index (κ2) is 9.40. The number of nitrogens with zero attached hydrogens (tertiary/aromatic N) is 5. The van der Waals surface area contributed by atoms with E-state index in [0.717, 1.165) is 11.8 Å². The van der Waals surface area contributed by atoms with Gasteiger partial charge in [0.25, 0.3) is 0 Å². The van der Waals surface area contributed by atoms with E-state index in [1.54, 1.807) is 23.7 Å². The average molecular weight is 500 g/mol. The average Bonchev–Trinajstić information content (AvgIpc) is 3.39. The summed E-state index contributed by atoms with van der Waals surface area (Å²) in [5, 5.41) is 51.5. The van der Waals surface area contributed by atoms with Gasteiger partial charge in [0, 0.05) is 15.3 Å². The topological polar surface area (TPSA) is 137 Å². The molecule has 0 saturated carbocycles. The normalized spacial score (nSPS) is 26.0. The first-order valence-corrected chi connectivity index (χ1v) is 11.4. The summed E-state index contributed by atoms with van der Waals surface area (Å²) in [5.74, 6) is 0. The molecule has 9 nitrogen and oxygen atoms in total. The number of aliphatic hydroxyl groups is 3. The van der Waals surface area contributed by atoms with Crippen molar-refractivity contribution in [3.63, 3.8) is 0 Å². The van der Waals surface area contributed by atoms with E-state index in [2.05, 4.69) is 15.3 Å². The molecule has 13 heteroatoms. The van der Waals surface area contributed by atoms with Crippen molar-refractivity contribution in [1.29, 1.82) is 5.26 Å². The van der Waals surface area contributed by atoms with E-state index in [0.29, 0.717) is 31.3 Å². The molecule has 1 aromatic carbocycles. The molecule has 1 aliphatic heterocycles. The van der Waals surface area contributed by atoms with Crippen LogP contribution < -0.4 is 0 Å². The van der Waals surface area contributed by atoms with Crippen LogP contribution in [0.2, 0.25) is 10.2 Å². The fourth-order valence-corrected chi connectivity index (χ4v) is 5.55. The van der Waals surface area contributed by atoms with Gasteiger partial charge in [0.1, 0.15) is 45.6 Å². The van der Waals surface area contributed by atoms with Crippen LogP contribution in [-0.4, -0.2) is 65.7 Å². The Labute approximate surface area is 194 Å². The molecule has 3 heterocycles. The number of thioether (sulfide) groups is 1. The first kappa shape index (κ1) is 22.4. The maximum atomic E-state index is 11.0. The minimum Gasteiger partial charge on any atom is -0.394 e. The Bertz CT molecular complexity index is 1120. The standard InChI is InChI=1S/C18H15Cl2N5O4S2/c19-9-1-8(4-21)2-10(3-9)31-18-16(28)14(15(27)12(6-26)29-18)25-5-11(23-24-25)17-22-13(20)7-30-17/h1-3,5,7,12,14-16,18,26-28H,6H2. The molecule has 0 spiro atoms. The van der Waals surface area contributed by atoms with Crippen LogP contribution in [-0.2, 0) is 4.74 Å². The Morgan fingerprint density at radius 3 is 2.74 bits per heavy atom. The molecule has 1 aliphatic rings. The zero-order valence-electron chi connectivity index (χ0n) is 15.5. The van der Waals surface area contributed by atoms with Crippen LogP contribution in [0.1, 0.15) is 11.6 Å². The number of rotatable bonds is 5.